The van der Waals surface area contributed by atoms with Crippen molar-refractivity contribution >= 4 is 27.8 Å². The van der Waals surface area contributed by atoms with E-state index >= 15 is 0 Å². The number of para-hydroxylation sites is 1. The number of carbonyl (C=O) groups is 1. The maximum absolute atomic E-state index is 13.6. The number of methoxy groups -OCH3 is 1. The number of aromatic hydroxyl groups is 1. The van der Waals surface area contributed by atoms with Crippen LogP contribution in [0.1, 0.15) is 41.6 Å². The van der Waals surface area contributed by atoms with Crippen molar-refractivity contribution in [2.24, 2.45) is 24.6 Å². The predicted octanol–water partition coefficient (Wildman–Crippen LogP) is 5.67. The number of piperidine rings is 1. The third-order valence-electron chi connectivity index (χ3n) is 9.24. The Morgan fingerprint density at radius 1 is 1.09 bits per heavy atom. The highest BCUT2D eigenvalue weighted by Gasteiger charge is 2.29. The van der Waals surface area contributed by atoms with Crippen molar-refractivity contribution in [1.82, 2.24) is 19.0 Å². The molecule has 0 bridgehead atoms. The number of hydrogen-bond acceptors (Lipinski definition) is 6. The van der Waals surface area contributed by atoms with E-state index in [2.05, 4.69) is 22.8 Å². The van der Waals surface area contributed by atoms with E-state index in [4.69, 9.17) is 15.5 Å². The average Bonchev–Trinajstić information content (AvgIpc) is 3.72. The van der Waals surface area contributed by atoms with Gasteiger partial charge in [0.25, 0.3) is 5.91 Å². The van der Waals surface area contributed by atoms with E-state index in [1.807, 2.05) is 46.8 Å². The number of hydrogen-bond donors (Lipinski definition) is 2. The van der Waals surface area contributed by atoms with Gasteiger partial charge >= 0.3 is 0 Å². The van der Waals surface area contributed by atoms with Gasteiger partial charge in [0.1, 0.15) is 17.0 Å². The number of rotatable bonds is 7. The molecule has 3 N–H and O–H groups in total. The summed E-state index contributed by atoms with van der Waals surface area (Å²) < 4.78 is 10.2. The number of nitrogens with two attached hydrogens (primary N) is 1. The molecule has 2 aromatic heterocycles. The largest absolute Gasteiger partial charge is 0.508 e. The molecule has 3 heterocycles. The minimum atomic E-state index is -0.0229. The molecule has 224 valence electrons. The molecule has 7 rings (SSSR count). The summed E-state index contributed by atoms with van der Waals surface area (Å²) in [4.78, 5) is 20.7. The fourth-order valence-electron chi connectivity index (χ4n) is 6.78. The third kappa shape index (κ3) is 4.76. The summed E-state index contributed by atoms with van der Waals surface area (Å²) in [5.41, 5.74) is 12.2. The van der Waals surface area contributed by atoms with Crippen molar-refractivity contribution < 1.29 is 14.6 Å². The van der Waals surface area contributed by atoms with Crippen LogP contribution >= 0.6 is 0 Å². The number of aromatic nitrogens is 3. The fraction of sp³-hybridized carbons (Fsp3) is 0.343. The van der Waals surface area contributed by atoms with Crippen molar-refractivity contribution in [2.45, 2.75) is 32.2 Å². The van der Waals surface area contributed by atoms with Crippen LogP contribution < -0.4 is 10.5 Å². The lowest BCUT2D eigenvalue weighted by Gasteiger charge is -2.32. The van der Waals surface area contributed by atoms with E-state index in [0.29, 0.717) is 47.3 Å². The molecule has 1 atom stereocenters. The van der Waals surface area contributed by atoms with Crippen LogP contribution in [0.5, 0.6) is 11.5 Å². The van der Waals surface area contributed by atoms with E-state index in [1.165, 1.54) is 18.9 Å². The summed E-state index contributed by atoms with van der Waals surface area (Å²) in [5, 5.41) is 21.0. The molecule has 1 saturated heterocycles. The molecule has 1 saturated carbocycles. The SMILES string of the molecule is COc1cc(C(=O)N2CCC[C@@H](CN)C2)cc2nc(-c3cc4cccc(-c5ccc(O)cc5C#N)c4n3CC3CC3)n(C)c12. The Kier molecular flexibility index (Phi) is 7.02. The van der Waals surface area contributed by atoms with Crippen LogP contribution in [-0.2, 0) is 13.6 Å². The van der Waals surface area contributed by atoms with Crippen LogP contribution in [0.3, 0.4) is 0 Å². The molecule has 9 heteroatoms. The quantitative estimate of drug-likeness (QED) is 0.253. The first-order chi connectivity index (χ1) is 21.4. The van der Waals surface area contributed by atoms with Gasteiger partial charge in [-0.05, 0) is 80.5 Å². The van der Waals surface area contributed by atoms with Gasteiger partial charge in [-0.3, -0.25) is 4.79 Å². The Balaban J connectivity index is 1.39. The monoisotopic (exact) mass is 588 g/mol. The maximum Gasteiger partial charge on any atom is 0.254 e. The zero-order chi connectivity index (χ0) is 30.5. The van der Waals surface area contributed by atoms with Gasteiger partial charge in [-0.1, -0.05) is 18.2 Å². The lowest BCUT2D eigenvalue weighted by Crippen LogP contribution is -2.42. The summed E-state index contributed by atoms with van der Waals surface area (Å²) in [6.07, 6.45) is 4.35. The molecule has 2 aliphatic rings. The minimum Gasteiger partial charge on any atom is -0.508 e. The summed E-state index contributed by atoms with van der Waals surface area (Å²) in [7, 11) is 3.61. The number of phenols is 1. The molecule has 2 fully saturated rings. The molecule has 0 unspecified atom stereocenters. The molecule has 1 aliphatic heterocycles. The van der Waals surface area contributed by atoms with Gasteiger partial charge in [-0.15, -0.1) is 0 Å². The Hall–Kier alpha value is -4.81. The van der Waals surface area contributed by atoms with Crippen molar-refractivity contribution in [3.8, 4) is 40.2 Å². The molecule has 0 spiro atoms. The van der Waals surface area contributed by atoms with E-state index in [-0.39, 0.29) is 11.7 Å². The van der Waals surface area contributed by atoms with Crippen LogP contribution in [0.2, 0.25) is 0 Å². The first-order valence-electron chi connectivity index (χ1n) is 15.3. The van der Waals surface area contributed by atoms with Gasteiger partial charge in [0.05, 0.1) is 35.5 Å². The van der Waals surface area contributed by atoms with Crippen molar-refractivity contribution in [3.05, 3.63) is 65.7 Å². The van der Waals surface area contributed by atoms with Gasteiger partial charge < -0.3 is 29.6 Å². The van der Waals surface area contributed by atoms with E-state index in [9.17, 15) is 15.2 Å². The number of nitriles is 1. The van der Waals surface area contributed by atoms with Crippen molar-refractivity contribution in [1.29, 1.82) is 5.26 Å². The number of likely N-dealkylation sites (tertiary alicyclic amines) is 1. The topological polar surface area (TPSA) is 122 Å². The lowest BCUT2D eigenvalue weighted by atomic mass is 9.97. The number of fused-ring (bicyclic) bond motifs is 2. The normalized spacial score (nSPS) is 16.9. The maximum atomic E-state index is 13.6. The van der Waals surface area contributed by atoms with Crippen molar-refractivity contribution in [3.63, 3.8) is 0 Å². The highest BCUT2D eigenvalue weighted by molar-refractivity contribution is 6.01. The number of carbonyl (C=O) groups excluding carboxylic acids is 1. The Labute approximate surface area is 256 Å². The summed E-state index contributed by atoms with van der Waals surface area (Å²) in [5.74, 6) is 2.32. The van der Waals surface area contributed by atoms with Crippen LogP contribution in [0.25, 0.3) is 44.6 Å². The van der Waals surface area contributed by atoms with Crippen LogP contribution in [0.4, 0.5) is 0 Å². The standard InChI is InChI=1S/C35H36N6O3/c1-39-33-29(14-24(16-31(33)44-2)35(43)40-12-4-5-22(17-36)19-40)38-34(39)30-15-23-6-3-7-28(32(23)41(30)20-21-8-9-21)27-11-10-26(42)13-25(27)18-37/h3,6-7,10-11,13-16,21-22,42H,4-5,8-9,12,17,19-20,36H2,1-2H3/t22-/m0/s1. The molecule has 5 aromatic rings. The zero-order valence-electron chi connectivity index (χ0n) is 25.1. The molecule has 1 amide bonds. The first kappa shape index (κ1) is 28.0. The number of amides is 1. The average molecular weight is 589 g/mol. The van der Waals surface area contributed by atoms with Gasteiger partial charge in [0, 0.05) is 48.8 Å². The second-order valence-electron chi connectivity index (χ2n) is 12.2. The zero-order valence-corrected chi connectivity index (χ0v) is 25.1. The number of imidazole rings is 1. The van der Waals surface area contributed by atoms with Crippen LogP contribution in [-0.4, -0.2) is 56.8 Å². The second kappa shape index (κ2) is 11.0. The van der Waals surface area contributed by atoms with E-state index in [0.717, 1.165) is 65.0 Å². The lowest BCUT2D eigenvalue weighted by molar-refractivity contribution is 0.0678. The van der Waals surface area contributed by atoms with E-state index in [1.54, 1.807) is 13.2 Å². The molecule has 1 aliphatic carbocycles. The molecule has 3 aromatic carbocycles. The van der Waals surface area contributed by atoms with Crippen molar-refractivity contribution in [2.75, 3.05) is 26.7 Å². The smallest absolute Gasteiger partial charge is 0.254 e. The molecular formula is C35H36N6O3. The van der Waals surface area contributed by atoms with Crippen LogP contribution in [0, 0.1) is 23.2 Å². The Morgan fingerprint density at radius 3 is 2.68 bits per heavy atom. The highest BCUT2D eigenvalue weighted by atomic mass is 16.5. The fourth-order valence-corrected chi connectivity index (χ4v) is 6.78. The van der Waals surface area contributed by atoms with Gasteiger partial charge in [-0.2, -0.15) is 5.26 Å². The van der Waals surface area contributed by atoms with Gasteiger partial charge in [-0.25, -0.2) is 4.98 Å². The van der Waals surface area contributed by atoms with Crippen LogP contribution in [0.15, 0.2) is 54.6 Å². The van der Waals surface area contributed by atoms with E-state index < -0.39 is 0 Å². The minimum absolute atomic E-state index is 0.0229. The molecule has 9 nitrogen and oxygen atoms in total. The number of phenolic OH excluding ortho intramolecular Hbond substituents is 1. The summed E-state index contributed by atoms with van der Waals surface area (Å²) in [6, 6.07) is 19.2. The highest BCUT2D eigenvalue weighted by Crippen LogP contribution is 2.41. The second-order valence-corrected chi connectivity index (χ2v) is 12.2. The molecule has 44 heavy (non-hydrogen) atoms. The Morgan fingerprint density at radius 2 is 1.93 bits per heavy atom. The number of aryl methyl sites for hydroxylation is 1. The van der Waals surface area contributed by atoms with Gasteiger partial charge in [0.15, 0.2) is 5.82 Å². The third-order valence-corrected chi connectivity index (χ3v) is 9.24. The Bertz CT molecular complexity index is 1960. The molecule has 0 radical (unpaired) electrons. The summed E-state index contributed by atoms with van der Waals surface area (Å²) >= 11 is 0. The van der Waals surface area contributed by atoms with Gasteiger partial charge in [0.2, 0.25) is 0 Å². The number of nitrogens with zero attached hydrogens (tertiary/aromatic N) is 5. The summed E-state index contributed by atoms with van der Waals surface area (Å²) in [6.45, 7) is 2.80. The predicted molar refractivity (Wildman–Crippen MR) is 170 cm³/mol. The number of ether oxygens (including phenoxy) is 1. The molecular weight excluding hydrogens is 552 g/mol. The number of benzene rings is 3. The first-order valence-corrected chi connectivity index (χ1v) is 15.3.